The molecule has 1 amide bonds. The first kappa shape index (κ1) is 25.5. The van der Waals surface area contributed by atoms with Crippen LogP contribution in [0.4, 0.5) is 0 Å². The average Bonchev–Trinajstić information content (AvgIpc) is 3.26. The lowest BCUT2D eigenvalue weighted by Gasteiger charge is -2.17. The number of allylic oxidation sites excluding steroid dienone is 1. The van der Waals surface area contributed by atoms with Gasteiger partial charge in [0.15, 0.2) is 11.5 Å². The Labute approximate surface area is 220 Å². The van der Waals surface area contributed by atoms with Crippen molar-refractivity contribution >= 4 is 32.9 Å². The summed E-state index contributed by atoms with van der Waals surface area (Å²) < 4.78 is 14.6. The lowest BCUT2D eigenvalue weighted by atomic mass is 10.1. The number of methoxy groups -OCH3 is 1. The normalized spacial score (nSPS) is 11.8. The molecule has 186 valence electrons. The fraction of sp³-hybridized carbons (Fsp3) is 0.241. The molecule has 0 radical (unpaired) electrons. The highest BCUT2D eigenvalue weighted by Gasteiger charge is 2.19. The number of aromatic nitrogens is 2. The van der Waals surface area contributed by atoms with Crippen LogP contribution in [0.2, 0.25) is 0 Å². The van der Waals surface area contributed by atoms with E-state index < -0.39 is 0 Å². The van der Waals surface area contributed by atoms with Gasteiger partial charge in [-0.05, 0) is 67.8 Å². The maximum atomic E-state index is 12.8. The van der Waals surface area contributed by atoms with Gasteiger partial charge >= 0.3 is 0 Å². The van der Waals surface area contributed by atoms with Gasteiger partial charge in [0.05, 0.1) is 30.8 Å². The van der Waals surface area contributed by atoms with Gasteiger partial charge in [-0.15, -0.1) is 6.58 Å². The number of fused-ring (bicyclic) bond motifs is 1. The van der Waals surface area contributed by atoms with Crippen molar-refractivity contribution in [3.05, 3.63) is 101 Å². The predicted molar refractivity (Wildman–Crippen MR) is 147 cm³/mol. The van der Waals surface area contributed by atoms with Gasteiger partial charge in [0.2, 0.25) is 0 Å². The van der Waals surface area contributed by atoms with Crippen LogP contribution in [0.5, 0.6) is 11.5 Å². The van der Waals surface area contributed by atoms with Crippen molar-refractivity contribution in [1.29, 1.82) is 0 Å². The molecule has 6 nitrogen and oxygen atoms in total. The maximum absolute atomic E-state index is 12.8. The number of benzene rings is 3. The molecular weight excluding hydrogens is 518 g/mol. The summed E-state index contributed by atoms with van der Waals surface area (Å²) >= 11 is 3.43. The van der Waals surface area contributed by atoms with Crippen molar-refractivity contribution < 1.29 is 14.3 Å². The number of rotatable bonds is 11. The molecule has 0 saturated heterocycles. The topological polar surface area (TPSA) is 65.4 Å². The van der Waals surface area contributed by atoms with Crippen LogP contribution < -0.4 is 14.8 Å². The quantitative estimate of drug-likeness (QED) is 0.172. The SMILES string of the molecule is C=CCc1ccc(OCCCn2c(C(C)NC(=O)c3cccc(Br)c3)nc3ccccc32)c(OC)c1. The van der Waals surface area contributed by atoms with Crippen molar-refractivity contribution in [1.82, 2.24) is 14.9 Å². The second-order valence-corrected chi connectivity index (χ2v) is 9.41. The van der Waals surface area contributed by atoms with Crippen LogP contribution in [0.15, 0.2) is 83.9 Å². The molecule has 4 aromatic rings. The standard InChI is InChI=1S/C29H30BrN3O3/c1-4-9-21-14-15-26(27(18-21)35-3)36-17-8-16-33-25-13-6-5-12-24(25)32-28(33)20(2)31-29(34)22-10-7-11-23(30)19-22/h4-7,10-15,18-20H,1,8-9,16-17H2,2-3H3,(H,31,34). The van der Waals surface area contributed by atoms with E-state index in [0.29, 0.717) is 24.5 Å². The van der Waals surface area contributed by atoms with Crippen molar-refractivity contribution in [2.24, 2.45) is 0 Å². The Morgan fingerprint density at radius 2 is 1.97 bits per heavy atom. The molecule has 1 N–H and O–H groups in total. The number of amides is 1. The summed E-state index contributed by atoms with van der Waals surface area (Å²) in [5, 5.41) is 3.09. The predicted octanol–water partition coefficient (Wildman–Crippen LogP) is 6.50. The molecule has 0 aliphatic carbocycles. The number of carbonyl (C=O) groups is 1. The molecule has 1 atom stereocenters. The smallest absolute Gasteiger partial charge is 0.251 e. The summed E-state index contributed by atoms with van der Waals surface area (Å²) in [7, 11) is 1.65. The summed E-state index contributed by atoms with van der Waals surface area (Å²) in [6, 6.07) is 21.0. The minimum atomic E-state index is -0.276. The maximum Gasteiger partial charge on any atom is 0.251 e. The number of carbonyl (C=O) groups excluding carboxylic acids is 1. The minimum absolute atomic E-state index is 0.141. The van der Waals surface area contributed by atoms with E-state index in [9.17, 15) is 4.79 Å². The fourth-order valence-electron chi connectivity index (χ4n) is 4.16. The Balaban J connectivity index is 1.46. The molecule has 1 aromatic heterocycles. The Bertz CT molecular complexity index is 1370. The van der Waals surface area contributed by atoms with Crippen molar-refractivity contribution in [3.63, 3.8) is 0 Å². The molecule has 0 saturated carbocycles. The first-order valence-corrected chi connectivity index (χ1v) is 12.7. The molecule has 0 aliphatic heterocycles. The molecule has 1 unspecified atom stereocenters. The van der Waals surface area contributed by atoms with Gasteiger partial charge < -0.3 is 19.4 Å². The number of nitrogens with zero attached hydrogens (tertiary/aromatic N) is 2. The molecule has 0 bridgehead atoms. The van der Waals surface area contributed by atoms with Crippen LogP contribution in [0.3, 0.4) is 0 Å². The molecule has 36 heavy (non-hydrogen) atoms. The lowest BCUT2D eigenvalue weighted by Crippen LogP contribution is -2.28. The summed E-state index contributed by atoms with van der Waals surface area (Å²) in [5.74, 6) is 2.10. The van der Waals surface area contributed by atoms with Crippen LogP contribution in [0, 0.1) is 0 Å². The van der Waals surface area contributed by atoms with E-state index in [1.54, 1.807) is 19.2 Å². The highest BCUT2D eigenvalue weighted by atomic mass is 79.9. The number of ether oxygens (including phenoxy) is 2. The Morgan fingerprint density at radius 3 is 2.75 bits per heavy atom. The summed E-state index contributed by atoms with van der Waals surface area (Å²) in [6.07, 6.45) is 3.41. The van der Waals surface area contributed by atoms with Crippen LogP contribution in [0.1, 0.15) is 41.1 Å². The first-order chi connectivity index (χ1) is 17.5. The van der Waals surface area contributed by atoms with E-state index >= 15 is 0 Å². The number of aryl methyl sites for hydroxylation is 1. The summed E-state index contributed by atoms with van der Waals surface area (Å²) in [5.41, 5.74) is 3.65. The third-order valence-corrected chi connectivity index (χ3v) is 6.39. The lowest BCUT2D eigenvalue weighted by molar-refractivity contribution is 0.0937. The monoisotopic (exact) mass is 547 g/mol. The van der Waals surface area contributed by atoms with Crippen LogP contribution in [-0.2, 0) is 13.0 Å². The van der Waals surface area contributed by atoms with E-state index in [1.165, 1.54) is 0 Å². The number of imidazole rings is 1. The van der Waals surface area contributed by atoms with Crippen molar-refractivity contribution in [2.75, 3.05) is 13.7 Å². The van der Waals surface area contributed by atoms with Gasteiger partial charge in [-0.1, -0.05) is 46.3 Å². The molecule has 0 spiro atoms. The molecule has 3 aromatic carbocycles. The fourth-order valence-corrected chi connectivity index (χ4v) is 4.56. The minimum Gasteiger partial charge on any atom is -0.493 e. The second kappa shape index (κ2) is 11.9. The molecule has 1 heterocycles. The van der Waals surface area contributed by atoms with Gasteiger partial charge in [-0.2, -0.15) is 0 Å². The number of para-hydroxylation sites is 2. The zero-order chi connectivity index (χ0) is 25.5. The van der Waals surface area contributed by atoms with Gasteiger partial charge in [0.25, 0.3) is 5.91 Å². The van der Waals surface area contributed by atoms with E-state index in [1.807, 2.05) is 61.5 Å². The third kappa shape index (κ3) is 5.97. The molecule has 0 aliphatic rings. The zero-order valence-electron chi connectivity index (χ0n) is 20.5. The van der Waals surface area contributed by atoms with Gasteiger partial charge in [-0.3, -0.25) is 4.79 Å². The van der Waals surface area contributed by atoms with Crippen molar-refractivity contribution in [2.45, 2.75) is 32.4 Å². The van der Waals surface area contributed by atoms with Crippen LogP contribution >= 0.6 is 15.9 Å². The Hall–Kier alpha value is -3.58. The number of halogens is 1. The van der Waals surface area contributed by atoms with Crippen LogP contribution in [-0.4, -0.2) is 29.2 Å². The second-order valence-electron chi connectivity index (χ2n) is 8.50. The number of hydrogen-bond donors (Lipinski definition) is 1. The molecule has 7 heteroatoms. The molecule has 4 rings (SSSR count). The Kier molecular flexibility index (Phi) is 8.44. The number of hydrogen-bond acceptors (Lipinski definition) is 4. The molecular formula is C29H30BrN3O3. The van der Waals surface area contributed by atoms with Gasteiger partial charge in [-0.25, -0.2) is 4.98 Å². The largest absolute Gasteiger partial charge is 0.493 e. The van der Waals surface area contributed by atoms with E-state index in [2.05, 4.69) is 38.5 Å². The van der Waals surface area contributed by atoms with E-state index in [4.69, 9.17) is 14.5 Å². The summed E-state index contributed by atoms with van der Waals surface area (Å²) in [6.45, 7) is 6.96. The Morgan fingerprint density at radius 1 is 1.14 bits per heavy atom. The third-order valence-electron chi connectivity index (χ3n) is 5.90. The van der Waals surface area contributed by atoms with Crippen LogP contribution in [0.25, 0.3) is 11.0 Å². The first-order valence-electron chi connectivity index (χ1n) is 11.9. The number of nitrogens with one attached hydrogen (secondary N) is 1. The van der Waals surface area contributed by atoms with Gasteiger partial charge in [0, 0.05) is 16.6 Å². The zero-order valence-corrected chi connectivity index (χ0v) is 22.1. The average molecular weight is 548 g/mol. The van der Waals surface area contributed by atoms with E-state index in [0.717, 1.165) is 45.5 Å². The van der Waals surface area contributed by atoms with E-state index in [-0.39, 0.29) is 11.9 Å². The van der Waals surface area contributed by atoms with Crippen molar-refractivity contribution in [3.8, 4) is 11.5 Å². The molecule has 0 fully saturated rings. The summed E-state index contributed by atoms with van der Waals surface area (Å²) in [4.78, 5) is 17.7. The highest BCUT2D eigenvalue weighted by Crippen LogP contribution is 2.29. The highest BCUT2D eigenvalue weighted by molar-refractivity contribution is 9.10. The van der Waals surface area contributed by atoms with Gasteiger partial charge in [0.1, 0.15) is 5.82 Å².